The van der Waals surface area contributed by atoms with E-state index in [4.69, 9.17) is 10.5 Å². The zero-order valence-corrected chi connectivity index (χ0v) is 14.2. The highest BCUT2D eigenvalue weighted by Gasteiger charge is 2.09. The van der Waals surface area contributed by atoms with E-state index >= 15 is 0 Å². The summed E-state index contributed by atoms with van der Waals surface area (Å²) in [5.41, 5.74) is 7.04. The van der Waals surface area contributed by atoms with Crippen LogP contribution in [0.4, 0.5) is 5.69 Å². The van der Waals surface area contributed by atoms with Crippen LogP contribution < -0.4 is 15.8 Å². The predicted molar refractivity (Wildman–Crippen MR) is 91.3 cm³/mol. The van der Waals surface area contributed by atoms with Crippen molar-refractivity contribution in [2.45, 2.75) is 26.7 Å². The second kappa shape index (κ2) is 9.30. The Morgan fingerprint density at radius 2 is 2.09 bits per heavy atom. The topological polar surface area (TPSA) is 67.6 Å². The molecule has 0 atom stereocenters. The second-order valence-electron chi connectivity index (χ2n) is 6.20. The van der Waals surface area contributed by atoms with Crippen molar-refractivity contribution in [1.82, 2.24) is 10.2 Å². The van der Waals surface area contributed by atoms with Crippen LogP contribution in [-0.2, 0) is 0 Å². The highest BCUT2D eigenvalue weighted by Crippen LogP contribution is 2.23. The van der Waals surface area contributed by atoms with E-state index in [9.17, 15) is 4.79 Å². The largest absolute Gasteiger partial charge is 0.491 e. The number of carbonyl (C=O) groups is 1. The Morgan fingerprint density at radius 3 is 2.73 bits per heavy atom. The zero-order valence-electron chi connectivity index (χ0n) is 14.2. The van der Waals surface area contributed by atoms with Gasteiger partial charge >= 0.3 is 0 Å². The number of hydrogen-bond acceptors (Lipinski definition) is 4. The van der Waals surface area contributed by atoms with Crippen molar-refractivity contribution in [3.63, 3.8) is 0 Å². The van der Waals surface area contributed by atoms with Gasteiger partial charge < -0.3 is 20.7 Å². The number of nitrogens with one attached hydrogen (secondary N) is 1. The van der Waals surface area contributed by atoms with Gasteiger partial charge in [-0.25, -0.2) is 0 Å². The number of rotatable bonds is 9. The molecule has 0 heterocycles. The van der Waals surface area contributed by atoms with Crippen LogP contribution >= 0.6 is 0 Å². The Hall–Kier alpha value is -1.75. The first kappa shape index (κ1) is 18.3. The first-order valence-corrected chi connectivity index (χ1v) is 7.85. The molecule has 5 nitrogen and oxygen atoms in total. The van der Waals surface area contributed by atoms with E-state index in [1.54, 1.807) is 18.2 Å². The molecule has 0 aliphatic heterocycles. The molecule has 0 aliphatic rings. The summed E-state index contributed by atoms with van der Waals surface area (Å²) >= 11 is 0. The monoisotopic (exact) mass is 307 g/mol. The van der Waals surface area contributed by atoms with E-state index in [0.29, 0.717) is 36.1 Å². The third-order valence-electron chi connectivity index (χ3n) is 3.30. The number of amides is 1. The molecule has 0 fully saturated rings. The molecule has 22 heavy (non-hydrogen) atoms. The van der Waals surface area contributed by atoms with Crippen molar-refractivity contribution in [3.8, 4) is 5.75 Å². The SMILES string of the molecule is CC(C)CCOc1cc(C(=O)NCCCN(C)C)ccc1N. The van der Waals surface area contributed by atoms with Crippen molar-refractivity contribution in [2.75, 3.05) is 39.5 Å². The van der Waals surface area contributed by atoms with E-state index < -0.39 is 0 Å². The quantitative estimate of drug-likeness (QED) is 0.543. The Bertz CT molecular complexity index is 473. The molecule has 1 aromatic rings. The van der Waals surface area contributed by atoms with Crippen LogP contribution in [0, 0.1) is 5.92 Å². The highest BCUT2D eigenvalue weighted by atomic mass is 16.5. The summed E-state index contributed by atoms with van der Waals surface area (Å²) in [7, 11) is 4.03. The molecule has 0 aromatic heterocycles. The summed E-state index contributed by atoms with van der Waals surface area (Å²) in [6.07, 6.45) is 1.88. The van der Waals surface area contributed by atoms with Crippen molar-refractivity contribution in [3.05, 3.63) is 23.8 Å². The summed E-state index contributed by atoms with van der Waals surface area (Å²) in [4.78, 5) is 14.2. The maximum atomic E-state index is 12.1. The van der Waals surface area contributed by atoms with Crippen LogP contribution in [0.3, 0.4) is 0 Å². The second-order valence-corrected chi connectivity index (χ2v) is 6.20. The summed E-state index contributed by atoms with van der Waals surface area (Å²) in [6.45, 7) is 6.50. The molecule has 0 unspecified atom stereocenters. The molecule has 5 heteroatoms. The fourth-order valence-electron chi connectivity index (χ4n) is 1.90. The number of benzene rings is 1. The first-order valence-electron chi connectivity index (χ1n) is 7.85. The summed E-state index contributed by atoms with van der Waals surface area (Å²) in [5, 5.41) is 2.91. The normalized spacial score (nSPS) is 11.0. The van der Waals surface area contributed by atoms with E-state index in [2.05, 4.69) is 24.1 Å². The molecule has 0 bridgehead atoms. The lowest BCUT2D eigenvalue weighted by Crippen LogP contribution is -2.27. The number of ether oxygens (including phenoxy) is 1. The van der Waals surface area contributed by atoms with Crippen LogP contribution in [0.2, 0.25) is 0 Å². The van der Waals surface area contributed by atoms with Gasteiger partial charge in [-0.05, 0) is 57.6 Å². The fraction of sp³-hybridized carbons (Fsp3) is 0.588. The van der Waals surface area contributed by atoms with E-state index in [0.717, 1.165) is 19.4 Å². The molecule has 1 aromatic carbocycles. The smallest absolute Gasteiger partial charge is 0.251 e. The van der Waals surface area contributed by atoms with Gasteiger partial charge in [0, 0.05) is 12.1 Å². The zero-order chi connectivity index (χ0) is 16.5. The Balaban J connectivity index is 2.54. The summed E-state index contributed by atoms with van der Waals surface area (Å²) in [5.74, 6) is 1.07. The molecule has 0 radical (unpaired) electrons. The summed E-state index contributed by atoms with van der Waals surface area (Å²) < 4.78 is 5.68. The standard InChI is InChI=1S/C17H29N3O2/c1-13(2)8-11-22-16-12-14(6-7-15(16)18)17(21)19-9-5-10-20(3)4/h6-7,12-13H,5,8-11,18H2,1-4H3,(H,19,21). The minimum atomic E-state index is -0.0903. The van der Waals surface area contributed by atoms with Gasteiger partial charge in [0.1, 0.15) is 5.75 Å². The molecule has 1 rings (SSSR count). The lowest BCUT2D eigenvalue weighted by Gasteiger charge is -2.13. The minimum absolute atomic E-state index is 0.0903. The predicted octanol–water partition coefficient (Wildman–Crippen LogP) is 2.38. The number of nitrogens with zero attached hydrogens (tertiary/aromatic N) is 1. The average Bonchev–Trinajstić information content (AvgIpc) is 2.44. The van der Waals surface area contributed by atoms with Gasteiger partial charge in [-0.1, -0.05) is 13.8 Å². The van der Waals surface area contributed by atoms with Gasteiger partial charge in [0.15, 0.2) is 0 Å². The maximum Gasteiger partial charge on any atom is 0.251 e. The minimum Gasteiger partial charge on any atom is -0.491 e. The lowest BCUT2D eigenvalue weighted by atomic mass is 10.1. The Kier molecular flexibility index (Phi) is 7.74. The molecule has 0 saturated carbocycles. The number of carbonyl (C=O) groups excluding carboxylic acids is 1. The lowest BCUT2D eigenvalue weighted by molar-refractivity contribution is 0.0952. The molecule has 1 amide bonds. The van der Waals surface area contributed by atoms with Gasteiger partial charge in [-0.3, -0.25) is 4.79 Å². The molecule has 0 aliphatic carbocycles. The van der Waals surface area contributed by atoms with Crippen LogP contribution in [0.25, 0.3) is 0 Å². The van der Waals surface area contributed by atoms with Gasteiger partial charge in [0.05, 0.1) is 12.3 Å². The number of anilines is 1. The third-order valence-corrected chi connectivity index (χ3v) is 3.30. The van der Waals surface area contributed by atoms with Gasteiger partial charge in [-0.15, -0.1) is 0 Å². The van der Waals surface area contributed by atoms with Crippen LogP contribution in [0.5, 0.6) is 5.75 Å². The van der Waals surface area contributed by atoms with Crippen molar-refractivity contribution < 1.29 is 9.53 Å². The van der Waals surface area contributed by atoms with Crippen molar-refractivity contribution in [2.24, 2.45) is 5.92 Å². The molecular weight excluding hydrogens is 278 g/mol. The van der Waals surface area contributed by atoms with E-state index in [1.165, 1.54) is 0 Å². The molecular formula is C17H29N3O2. The average molecular weight is 307 g/mol. The Labute approximate surface area is 133 Å². The van der Waals surface area contributed by atoms with E-state index in [1.807, 2.05) is 14.1 Å². The van der Waals surface area contributed by atoms with Gasteiger partial charge in [0.2, 0.25) is 0 Å². The van der Waals surface area contributed by atoms with Crippen molar-refractivity contribution in [1.29, 1.82) is 0 Å². The molecule has 3 N–H and O–H groups in total. The van der Waals surface area contributed by atoms with E-state index in [-0.39, 0.29) is 5.91 Å². The van der Waals surface area contributed by atoms with Crippen molar-refractivity contribution >= 4 is 11.6 Å². The van der Waals surface area contributed by atoms with Crippen LogP contribution in [0.1, 0.15) is 37.0 Å². The number of nitrogens with two attached hydrogens (primary N) is 1. The third kappa shape index (κ3) is 6.80. The molecule has 0 spiro atoms. The molecule has 0 saturated heterocycles. The van der Waals surface area contributed by atoms with Gasteiger partial charge in [0.25, 0.3) is 5.91 Å². The fourth-order valence-corrected chi connectivity index (χ4v) is 1.90. The Morgan fingerprint density at radius 1 is 1.36 bits per heavy atom. The van der Waals surface area contributed by atoms with Gasteiger partial charge in [-0.2, -0.15) is 0 Å². The van der Waals surface area contributed by atoms with Crippen LogP contribution in [0.15, 0.2) is 18.2 Å². The summed E-state index contributed by atoms with van der Waals surface area (Å²) in [6, 6.07) is 5.17. The van der Waals surface area contributed by atoms with Crippen LogP contribution in [-0.4, -0.2) is 44.6 Å². The number of nitrogen functional groups attached to an aromatic ring is 1. The number of hydrogen-bond donors (Lipinski definition) is 2. The first-order chi connectivity index (χ1) is 10.4. The highest BCUT2D eigenvalue weighted by molar-refractivity contribution is 5.95. The molecule has 124 valence electrons. The maximum absolute atomic E-state index is 12.1.